The molecule has 1 aliphatic heterocycles. The maximum absolute atomic E-state index is 13.5. The fraction of sp³-hybridized carbons (Fsp3) is 0.500. The van der Waals surface area contributed by atoms with Gasteiger partial charge in [0, 0.05) is 13.1 Å². The normalized spacial score (nSPS) is 28.3. The lowest BCUT2D eigenvalue weighted by Gasteiger charge is -2.24. The summed E-state index contributed by atoms with van der Waals surface area (Å²) in [4.78, 5) is 13.5. The number of nitriles is 1. The van der Waals surface area contributed by atoms with Gasteiger partial charge in [0.2, 0.25) is 0 Å². The molecule has 1 aromatic carbocycles. The second kappa shape index (κ2) is 5.45. The molecule has 1 N–H and O–H groups in total. The molecule has 3 rings (SSSR count). The number of aliphatic carboxylic acids is 1. The summed E-state index contributed by atoms with van der Waals surface area (Å²) >= 11 is 0. The van der Waals surface area contributed by atoms with Gasteiger partial charge in [0.05, 0.1) is 11.6 Å². The van der Waals surface area contributed by atoms with Crippen molar-refractivity contribution < 1.29 is 14.3 Å². The van der Waals surface area contributed by atoms with Gasteiger partial charge in [0.25, 0.3) is 0 Å². The molecule has 21 heavy (non-hydrogen) atoms. The largest absolute Gasteiger partial charge is 0.480 e. The van der Waals surface area contributed by atoms with E-state index in [1.54, 1.807) is 6.07 Å². The Morgan fingerprint density at radius 3 is 2.95 bits per heavy atom. The minimum atomic E-state index is -0.790. The summed E-state index contributed by atoms with van der Waals surface area (Å²) in [5.41, 5.74) is 0.939. The molecule has 3 atom stereocenters. The van der Waals surface area contributed by atoms with Crippen molar-refractivity contribution in [1.29, 1.82) is 5.26 Å². The van der Waals surface area contributed by atoms with Gasteiger partial charge in [-0.25, -0.2) is 4.39 Å². The van der Waals surface area contributed by atoms with Crippen LogP contribution in [0, 0.1) is 29.0 Å². The molecule has 1 saturated heterocycles. The number of fused-ring (bicyclic) bond motifs is 1. The fourth-order valence-corrected chi connectivity index (χ4v) is 3.94. The average Bonchev–Trinajstić information content (AvgIpc) is 2.97. The first-order valence-corrected chi connectivity index (χ1v) is 7.25. The van der Waals surface area contributed by atoms with E-state index < -0.39 is 17.8 Å². The van der Waals surface area contributed by atoms with Crippen LogP contribution in [-0.4, -0.2) is 28.6 Å². The highest BCUT2D eigenvalue weighted by atomic mass is 19.1. The number of benzene rings is 1. The molecule has 1 aliphatic carbocycles. The lowest BCUT2D eigenvalue weighted by atomic mass is 9.94. The summed E-state index contributed by atoms with van der Waals surface area (Å²) in [6.07, 6.45) is 3.15. The van der Waals surface area contributed by atoms with Crippen molar-refractivity contribution in [3.05, 3.63) is 35.1 Å². The minimum Gasteiger partial charge on any atom is -0.480 e. The number of hydrogen-bond acceptors (Lipinski definition) is 3. The topological polar surface area (TPSA) is 64.3 Å². The first-order chi connectivity index (χ1) is 10.1. The molecule has 1 aromatic rings. The molecular weight excluding hydrogens is 271 g/mol. The Bertz CT molecular complexity index is 611. The van der Waals surface area contributed by atoms with Gasteiger partial charge < -0.3 is 5.11 Å². The summed E-state index contributed by atoms with van der Waals surface area (Å²) in [5.74, 6) is -0.585. The first kappa shape index (κ1) is 14.0. The summed E-state index contributed by atoms with van der Waals surface area (Å²) in [7, 11) is 0. The Labute approximate surface area is 122 Å². The van der Waals surface area contributed by atoms with Gasteiger partial charge in [-0.3, -0.25) is 9.69 Å². The van der Waals surface area contributed by atoms with Crippen molar-refractivity contribution >= 4 is 5.97 Å². The third-order valence-electron chi connectivity index (χ3n) is 4.71. The molecule has 5 heteroatoms. The Kier molecular flexibility index (Phi) is 3.64. The number of hydrogen-bond donors (Lipinski definition) is 1. The van der Waals surface area contributed by atoms with Crippen molar-refractivity contribution in [2.24, 2.45) is 11.8 Å². The van der Waals surface area contributed by atoms with Gasteiger partial charge in [-0.1, -0.05) is 6.42 Å². The van der Waals surface area contributed by atoms with Crippen LogP contribution in [0.2, 0.25) is 0 Å². The van der Waals surface area contributed by atoms with E-state index in [0.29, 0.717) is 18.0 Å². The summed E-state index contributed by atoms with van der Waals surface area (Å²) in [6.45, 7) is 1.14. The standard InChI is InChI=1S/C16H17FN2O2/c17-13-5-10(7-18)4-11(6-13)8-19-9-12-2-1-3-14(12)15(19)16(20)21/h4-6,12,14-15H,1-3,8-9H2,(H,20,21). The summed E-state index contributed by atoms with van der Waals surface area (Å²) in [6, 6.07) is 5.66. The molecule has 4 nitrogen and oxygen atoms in total. The van der Waals surface area contributed by atoms with Crippen molar-refractivity contribution in [2.45, 2.75) is 31.8 Å². The van der Waals surface area contributed by atoms with Crippen molar-refractivity contribution in [2.75, 3.05) is 6.54 Å². The van der Waals surface area contributed by atoms with Crippen LogP contribution in [-0.2, 0) is 11.3 Å². The maximum atomic E-state index is 13.5. The zero-order chi connectivity index (χ0) is 15.0. The Morgan fingerprint density at radius 1 is 1.43 bits per heavy atom. The highest BCUT2D eigenvalue weighted by Crippen LogP contribution is 2.42. The third kappa shape index (κ3) is 2.64. The number of carbonyl (C=O) groups is 1. The van der Waals surface area contributed by atoms with E-state index in [4.69, 9.17) is 5.26 Å². The molecule has 0 aromatic heterocycles. The van der Waals surface area contributed by atoms with E-state index in [-0.39, 0.29) is 11.5 Å². The van der Waals surface area contributed by atoms with Gasteiger partial charge in [-0.15, -0.1) is 0 Å². The number of nitrogens with zero attached hydrogens (tertiary/aromatic N) is 2. The van der Waals surface area contributed by atoms with E-state index in [1.165, 1.54) is 12.1 Å². The molecular formula is C16H17FN2O2. The molecule has 0 amide bonds. The fourth-order valence-electron chi connectivity index (χ4n) is 3.94. The number of rotatable bonds is 3. The first-order valence-electron chi connectivity index (χ1n) is 7.25. The number of carboxylic acid groups (broad SMARTS) is 1. The van der Waals surface area contributed by atoms with E-state index in [1.807, 2.05) is 11.0 Å². The van der Waals surface area contributed by atoms with Crippen LogP contribution in [0.4, 0.5) is 4.39 Å². The van der Waals surface area contributed by atoms with Crippen molar-refractivity contribution in [3.8, 4) is 6.07 Å². The molecule has 1 saturated carbocycles. The summed E-state index contributed by atoms with van der Waals surface area (Å²) in [5, 5.41) is 18.4. The SMILES string of the molecule is N#Cc1cc(F)cc(CN2CC3CCCC3C2C(=O)O)c1. The van der Waals surface area contributed by atoms with Crippen molar-refractivity contribution in [1.82, 2.24) is 4.90 Å². The van der Waals surface area contributed by atoms with Crippen LogP contribution in [0.5, 0.6) is 0 Å². The second-order valence-electron chi connectivity index (χ2n) is 6.03. The van der Waals surface area contributed by atoms with Gasteiger partial charge >= 0.3 is 5.97 Å². The van der Waals surface area contributed by atoms with Crippen LogP contribution in [0.15, 0.2) is 18.2 Å². The molecule has 0 radical (unpaired) electrons. The molecule has 110 valence electrons. The molecule has 2 aliphatic rings. The quantitative estimate of drug-likeness (QED) is 0.927. The lowest BCUT2D eigenvalue weighted by Crippen LogP contribution is -2.39. The number of likely N-dealkylation sites (tertiary alicyclic amines) is 1. The maximum Gasteiger partial charge on any atom is 0.321 e. The van der Waals surface area contributed by atoms with E-state index in [9.17, 15) is 14.3 Å². The Morgan fingerprint density at radius 2 is 2.24 bits per heavy atom. The average molecular weight is 288 g/mol. The minimum absolute atomic E-state index is 0.214. The summed E-state index contributed by atoms with van der Waals surface area (Å²) < 4.78 is 13.5. The van der Waals surface area contributed by atoms with Crippen LogP contribution in [0.1, 0.15) is 30.4 Å². The van der Waals surface area contributed by atoms with Crippen molar-refractivity contribution in [3.63, 3.8) is 0 Å². The smallest absolute Gasteiger partial charge is 0.321 e. The zero-order valence-corrected chi connectivity index (χ0v) is 11.6. The molecule has 3 unspecified atom stereocenters. The van der Waals surface area contributed by atoms with Gasteiger partial charge in [-0.05, 0) is 48.4 Å². The molecule has 0 bridgehead atoms. The van der Waals surface area contributed by atoms with Gasteiger partial charge in [0.1, 0.15) is 11.9 Å². The monoisotopic (exact) mass is 288 g/mol. The van der Waals surface area contributed by atoms with E-state index in [0.717, 1.165) is 25.8 Å². The predicted molar refractivity (Wildman–Crippen MR) is 73.8 cm³/mol. The van der Waals surface area contributed by atoms with Gasteiger partial charge in [-0.2, -0.15) is 5.26 Å². The van der Waals surface area contributed by atoms with E-state index >= 15 is 0 Å². The predicted octanol–water partition coefficient (Wildman–Crippen LogP) is 2.38. The Hall–Kier alpha value is -1.93. The molecule has 1 heterocycles. The van der Waals surface area contributed by atoms with Crippen LogP contribution in [0.25, 0.3) is 0 Å². The second-order valence-corrected chi connectivity index (χ2v) is 6.03. The number of carboxylic acids is 1. The third-order valence-corrected chi connectivity index (χ3v) is 4.71. The molecule has 0 spiro atoms. The number of halogens is 1. The lowest BCUT2D eigenvalue weighted by molar-refractivity contribution is -0.143. The zero-order valence-electron chi connectivity index (χ0n) is 11.6. The van der Waals surface area contributed by atoms with Crippen LogP contribution < -0.4 is 0 Å². The van der Waals surface area contributed by atoms with Crippen LogP contribution >= 0.6 is 0 Å². The highest BCUT2D eigenvalue weighted by molar-refractivity contribution is 5.74. The van der Waals surface area contributed by atoms with Crippen LogP contribution in [0.3, 0.4) is 0 Å². The van der Waals surface area contributed by atoms with E-state index in [2.05, 4.69) is 0 Å². The Balaban J connectivity index is 1.82. The molecule has 2 fully saturated rings. The highest BCUT2D eigenvalue weighted by Gasteiger charge is 2.47. The van der Waals surface area contributed by atoms with Gasteiger partial charge in [0.15, 0.2) is 0 Å².